The van der Waals surface area contributed by atoms with Crippen molar-refractivity contribution in [3.8, 4) is 5.75 Å². The van der Waals surface area contributed by atoms with Gasteiger partial charge >= 0.3 is 5.97 Å². The Morgan fingerprint density at radius 3 is 2.60 bits per heavy atom. The van der Waals surface area contributed by atoms with E-state index < -0.39 is 29.0 Å². The van der Waals surface area contributed by atoms with E-state index in [0.29, 0.717) is 17.9 Å². The zero-order valence-corrected chi connectivity index (χ0v) is 13.7. The minimum Gasteiger partial charge on any atom is -0.494 e. The second-order valence-electron chi connectivity index (χ2n) is 5.96. The molecular weight excluding hydrogens is 325 g/mol. The van der Waals surface area contributed by atoms with Gasteiger partial charge in [0.1, 0.15) is 17.0 Å². The largest absolute Gasteiger partial charge is 0.494 e. The number of carboxylic acids is 1. The first kappa shape index (κ1) is 17.0. The molecule has 0 aliphatic heterocycles. The molecule has 1 saturated carbocycles. The Morgan fingerprint density at radius 2 is 2.00 bits per heavy atom. The van der Waals surface area contributed by atoms with Crippen molar-refractivity contribution in [2.75, 3.05) is 11.9 Å². The zero-order valence-electron chi connectivity index (χ0n) is 13.7. The average Bonchev–Trinajstić information content (AvgIpc) is 3.36. The van der Waals surface area contributed by atoms with Gasteiger partial charge in [-0.3, -0.25) is 9.59 Å². The molecule has 1 fully saturated rings. The summed E-state index contributed by atoms with van der Waals surface area (Å²) in [6.45, 7) is 2.20. The summed E-state index contributed by atoms with van der Waals surface area (Å²) in [5, 5.41) is 12.1. The first-order chi connectivity index (χ1) is 12.0. The maximum atomic E-state index is 14.1. The third kappa shape index (κ3) is 3.07. The molecule has 3 rings (SSSR count). The number of carbonyl (C=O) groups excluding carboxylic acids is 1. The first-order valence-electron chi connectivity index (χ1n) is 8.01. The highest BCUT2D eigenvalue weighted by atomic mass is 19.1. The highest BCUT2D eigenvalue weighted by Gasteiger charge is 2.65. The Kier molecular flexibility index (Phi) is 4.44. The number of anilines is 1. The lowest BCUT2D eigenvalue weighted by atomic mass is 9.93. The monoisotopic (exact) mass is 343 g/mol. The number of carbonyl (C=O) groups is 2. The number of amides is 1. The standard InChI is InChI=1S/C19H18FNO4/c1-2-25-13-8-9-16(15(20)10-13)21-17(22)14-11-19(14,18(23)24)12-6-4-3-5-7-12/h3-10,14H,2,11H2,1H3,(H,21,22)(H,23,24)/t14-,19+/m0/s1. The van der Waals surface area contributed by atoms with Crippen LogP contribution in [-0.4, -0.2) is 23.6 Å². The van der Waals surface area contributed by atoms with Crippen molar-refractivity contribution in [2.45, 2.75) is 18.8 Å². The Hall–Kier alpha value is -2.89. The molecule has 0 unspecified atom stereocenters. The summed E-state index contributed by atoms with van der Waals surface area (Å²) in [7, 11) is 0. The number of rotatable bonds is 6. The molecule has 0 bridgehead atoms. The van der Waals surface area contributed by atoms with Crippen LogP contribution in [0.1, 0.15) is 18.9 Å². The fraction of sp³-hybridized carbons (Fsp3) is 0.263. The van der Waals surface area contributed by atoms with E-state index in [1.54, 1.807) is 43.3 Å². The van der Waals surface area contributed by atoms with Crippen molar-refractivity contribution < 1.29 is 23.8 Å². The lowest BCUT2D eigenvalue weighted by Crippen LogP contribution is -2.28. The lowest BCUT2D eigenvalue weighted by Gasteiger charge is -2.13. The fourth-order valence-electron chi connectivity index (χ4n) is 3.07. The SMILES string of the molecule is CCOc1ccc(NC(=O)[C@@H]2C[C@@]2(C(=O)O)c2ccccc2)c(F)c1. The summed E-state index contributed by atoms with van der Waals surface area (Å²) >= 11 is 0. The van der Waals surface area contributed by atoms with Gasteiger partial charge in [-0.15, -0.1) is 0 Å². The van der Waals surface area contributed by atoms with Crippen LogP contribution >= 0.6 is 0 Å². The van der Waals surface area contributed by atoms with Gasteiger partial charge in [-0.1, -0.05) is 30.3 Å². The van der Waals surface area contributed by atoms with Crippen molar-refractivity contribution in [1.29, 1.82) is 0 Å². The molecule has 0 spiro atoms. The molecule has 130 valence electrons. The zero-order chi connectivity index (χ0) is 18.0. The van der Waals surface area contributed by atoms with E-state index >= 15 is 0 Å². The molecule has 1 amide bonds. The van der Waals surface area contributed by atoms with E-state index in [4.69, 9.17) is 4.74 Å². The molecule has 2 aromatic carbocycles. The molecule has 5 nitrogen and oxygen atoms in total. The van der Waals surface area contributed by atoms with E-state index in [-0.39, 0.29) is 12.1 Å². The Morgan fingerprint density at radius 1 is 1.28 bits per heavy atom. The van der Waals surface area contributed by atoms with E-state index in [1.807, 2.05) is 0 Å². The number of hydrogen-bond acceptors (Lipinski definition) is 3. The van der Waals surface area contributed by atoms with Crippen LogP contribution in [0.3, 0.4) is 0 Å². The second kappa shape index (κ2) is 6.55. The second-order valence-corrected chi connectivity index (χ2v) is 5.96. The number of halogens is 1. The van der Waals surface area contributed by atoms with Gasteiger partial charge in [0.25, 0.3) is 0 Å². The molecule has 0 aromatic heterocycles. The number of ether oxygens (including phenoxy) is 1. The molecule has 2 atom stereocenters. The highest BCUT2D eigenvalue weighted by Crippen LogP contribution is 2.55. The molecule has 2 N–H and O–H groups in total. The van der Waals surface area contributed by atoms with E-state index in [0.717, 1.165) is 0 Å². The molecule has 25 heavy (non-hydrogen) atoms. The minimum atomic E-state index is -1.24. The topological polar surface area (TPSA) is 75.6 Å². The van der Waals surface area contributed by atoms with Gasteiger partial charge in [-0.2, -0.15) is 0 Å². The molecule has 2 aromatic rings. The van der Waals surface area contributed by atoms with Crippen molar-refractivity contribution in [3.63, 3.8) is 0 Å². The third-order valence-electron chi connectivity index (χ3n) is 4.46. The maximum Gasteiger partial charge on any atom is 0.314 e. The molecule has 0 heterocycles. The summed E-state index contributed by atoms with van der Waals surface area (Å²) in [4.78, 5) is 24.2. The first-order valence-corrected chi connectivity index (χ1v) is 8.01. The quantitative estimate of drug-likeness (QED) is 0.844. The number of aliphatic carboxylic acids is 1. The summed E-state index contributed by atoms with van der Waals surface area (Å²) in [5.74, 6) is -2.55. The van der Waals surface area contributed by atoms with Crippen LogP contribution in [0.25, 0.3) is 0 Å². The molecule has 1 aliphatic carbocycles. The van der Waals surface area contributed by atoms with Crippen molar-refractivity contribution in [1.82, 2.24) is 0 Å². The van der Waals surface area contributed by atoms with Crippen LogP contribution in [0.2, 0.25) is 0 Å². The molecule has 0 radical (unpaired) electrons. The third-order valence-corrected chi connectivity index (χ3v) is 4.46. The predicted molar refractivity (Wildman–Crippen MR) is 90.1 cm³/mol. The van der Waals surface area contributed by atoms with Crippen molar-refractivity contribution in [2.24, 2.45) is 5.92 Å². The molecule has 1 aliphatic rings. The van der Waals surface area contributed by atoms with Gasteiger partial charge < -0.3 is 15.2 Å². The van der Waals surface area contributed by atoms with Crippen LogP contribution in [0, 0.1) is 11.7 Å². The predicted octanol–water partition coefficient (Wildman–Crippen LogP) is 3.21. The summed E-state index contributed by atoms with van der Waals surface area (Å²) < 4.78 is 19.3. The highest BCUT2D eigenvalue weighted by molar-refractivity contribution is 6.03. The fourth-order valence-corrected chi connectivity index (χ4v) is 3.07. The van der Waals surface area contributed by atoms with Crippen LogP contribution < -0.4 is 10.1 Å². The van der Waals surface area contributed by atoms with Gasteiger partial charge in [0.2, 0.25) is 5.91 Å². The van der Waals surface area contributed by atoms with Gasteiger partial charge in [0, 0.05) is 6.07 Å². The number of benzene rings is 2. The van der Waals surface area contributed by atoms with Crippen LogP contribution in [0.5, 0.6) is 5.75 Å². The van der Waals surface area contributed by atoms with Crippen LogP contribution in [-0.2, 0) is 15.0 Å². The van der Waals surface area contributed by atoms with E-state index in [1.165, 1.54) is 12.1 Å². The van der Waals surface area contributed by atoms with Gasteiger partial charge in [-0.05, 0) is 31.0 Å². The smallest absolute Gasteiger partial charge is 0.314 e. The van der Waals surface area contributed by atoms with Gasteiger partial charge in [0.15, 0.2) is 0 Å². The summed E-state index contributed by atoms with van der Waals surface area (Å²) in [6.07, 6.45) is 0.191. The summed E-state index contributed by atoms with van der Waals surface area (Å²) in [5.41, 5.74) is -0.657. The van der Waals surface area contributed by atoms with Crippen LogP contribution in [0.15, 0.2) is 48.5 Å². The summed E-state index contributed by atoms with van der Waals surface area (Å²) in [6, 6.07) is 12.8. The normalized spacial score (nSPS) is 21.4. The Balaban J connectivity index is 1.78. The van der Waals surface area contributed by atoms with Crippen molar-refractivity contribution >= 4 is 17.6 Å². The average molecular weight is 343 g/mol. The number of carboxylic acid groups (broad SMARTS) is 1. The minimum absolute atomic E-state index is 0.00713. The maximum absolute atomic E-state index is 14.1. The van der Waals surface area contributed by atoms with Crippen molar-refractivity contribution in [3.05, 3.63) is 59.9 Å². The van der Waals surface area contributed by atoms with Gasteiger partial charge in [-0.25, -0.2) is 4.39 Å². The number of hydrogen-bond donors (Lipinski definition) is 2. The number of nitrogens with one attached hydrogen (secondary N) is 1. The Bertz CT molecular complexity index is 808. The molecule has 6 heteroatoms. The van der Waals surface area contributed by atoms with Crippen LogP contribution in [0.4, 0.5) is 10.1 Å². The molecule has 0 saturated heterocycles. The van der Waals surface area contributed by atoms with Gasteiger partial charge in [0.05, 0.1) is 18.2 Å². The van der Waals surface area contributed by atoms with E-state index in [9.17, 15) is 19.1 Å². The molecular formula is C19H18FNO4. The Labute approximate surface area is 144 Å². The lowest BCUT2D eigenvalue weighted by molar-refractivity contribution is -0.141. The van der Waals surface area contributed by atoms with E-state index in [2.05, 4.69) is 5.32 Å².